The first-order valence-corrected chi connectivity index (χ1v) is 22.8. The molecule has 0 N–H and O–H groups in total. The maximum Gasteiger partial charge on any atom is 0.0502 e. The van der Waals surface area contributed by atoms with Crippen LogP contribution in [-0.2, 0) is 5.41 Å². The van der Waals surface area contributed by atoms with Crippen molar-refractivity contribution in [3.05, 3.63) is 149 Å². The van der Waals surface area contributed by atoms with Crippen LogP contribution in [0.25, 0.3) is 33.0 Å². The molecule has 0 heterocycles. The first-order chi connectivity index (χ1) is 28.0. The number of rotatable bonds is 7. The number of anilines is 3. The smallest absolute Gasteiger partial charge is 0.0502 e. The molecule has 11 rings (SSSR count). The Morgan fingerprint density at radius 3 is 1.79 bits per heavy atom. The maximum absolute atomic E-state index is 2.64. The zero-order chi connectivity index (χ0) is 38.1. The van der Waals surface area contributed by atoms with E-state index in [4.69, 9.17) is 0 Å². The van der Waals surface area contributed by atoms with Gasteiger partial charge in [-0.3, -0.25) is 0 Å². The van der Waals surface area contributed by atoms with E-state index in [1.165, 1.54) is 162 Å². The molecule has 1 nitrogen and oxygen atoms in total. The molecule has 2 bridgehead atoms. The van der Waals surface area contributed by atoms with E-state index in [1.807, 2.05) is 0 Å². The van der Waals surface area contributed by atoms with Gasteiger partial charge in [0.15, 0.2) is 0 Å². The second-order valence-corrected chi connectivity index (χ2v) is 19.4. The molecule has 57 heavy (non-hydrogen) atoms. The maximum atomic E-state index is 2.64. The average Bonchev–Trinajstić information content (AvgIpc) is 3.97. The second kappa shape index (κ2) is 14.3. The van der Waals surface area contributed by atoms with Gasteiger partial charge in [0.25, 0.3) is 0 Å². The summed E-state index contributed by atoms with van der Waals surface area (Å²) in [6.07, 6.45) is 19.1. The van der Waals surface area contributed by atoms with Gasteiger partial charge in [0.1, 0.15) is 0 Å². The first-order valence-electron chi connectivity index (χ1n) is 22.8. The van der Waals surface area contributed by atoms with Crippen molar-refractivity contribution in [2.45, 2.75) is 127 Å². The fourth-order valence-electron chi connectivity index (χ4n) is 12.6. The highest BCUT2D eigenvalue weighted by Gasteiger charge is 2.40. The van der Waals surface area contributed by atoms with Crippen molar-refractivity contribution in [1.29, 1.82) is 0 Å². The third-order valence-corrected chi connectivity index (χ3v) is 15.7. The van der Waals surface area contributed by atoms with Crippen LogP contribution in [0.3, 0.4) is 0 Å². The number of benzene rings is 6. The van der Waals surface area contributed by atoms with Crippen LogP contribution in [0.2, 0.25) is 0 Å². The zero-order valence-corrected chi connectivity index (χ0v) is 34.3. The van der Waals surface area contributed by atoms with E-state index in [0.717, 1.165) is 23.7 Å². The molecule has 0 spiro atoms. The Morgan fingerprint density at radius 2 is 1.11 bits per heavy atom. The van der Waals surface area contributed by atoms with Gasteiger partial charge in [0, 0.05) is 16.8 Å². The van der Waals surface area contributed by atoms with Gasteiger partial charge in [0.2, 0.25) is 0 Å². The Hall–Kier alpha value is -4.62. The van der Waals surface area contributed by atoms with Gasteiger partial charge in [-0.05, 0) is 178 Å². The van der Waals surface area contributed by atoms with Crippen LogP contribution in [0.15, 0.2) is 121 Å². The van der Waals surface area contributed by atoms with Gasteiger partial charge < -0.3 is 4.90 Å². The van der Waals surface area contributed by atoms with Crippen LogP contribution in [0.1, 0.15) is 149 Å². The Bertz CT molecular complexity index is 2420. The van der Waals surface area contributed by atoms with E-state index < -0.39 is 0 Å². The van der Waals surface area contributed by atoms with Gasteiger partial charge >= 0.3 is 0 Å². The van der Waals surface area contributed by atoms with E-state index >= 15 is 0 Å². The Labute approximate surface area is 341 Å². The summed E-state index contributed by atoms with van der Waals surface area (Å²) in [4.78, 5) is 2.64. The van der Waals surface area contributed by atoms with Crippen molar-refractivity contribution < 1.29 is 0 Å². The SMILES string of the molecule is CC1(C)c2cc(-c3ccc(C4CCCCC4)cc3)ccc2-c2ccc(N(c3ccc(C4CC5CCC4C5)cc3)c3cc4ccccc4cc3C3CCCCC3)cc21. The number of fused-ring (bicyclic) bond motifs is 6. The minimum Gasteiger partial charge on any atom is -0.310 e. The van der Waals surface area contributed by atoms with Gasteiger partial charge in [-0.2, -0.15) is 0 Å². The van der Waals surface area contributed by atoms with Crippen molar-refractivity contribution in [3.63, 3.8) is 0 Å². The minimum absolute atomic E-state index is 0.119. The van der Waals surface area contributed by atoms with Crippen molar-refractivity contribution in [1.82, 2.24) is 0 Å². The predicted octanol–water partition coefficient (Wildman–Crippen LogP) is 16.3. The lowest BCUT2D eigenvalue weighted by molar-refractivity contribution is 0.420. The van der Waals surface area contributed by atoms with Gasteiger partial charge in [-0.15, -0.1) is 0 Å². The molecule has 288 valence electrons. The highest BCUT2D eigenvalue weighted by Crippen LogP contribution is 2.55. The summed E-state index contributed by atoms with van der Waals surface area (Å²) < 4.78 is 0. The van der Waals surface area contributed by atoms with Crippen molar-refractivity contribution in [2.75, 3.05) is 4.90 Å². The van der Waals surface area contributed by atoms with Crippen LogP contribution in [0, 0.1) is 11.8 Å². The van der Waals surface area contributed by atoms with E-state index in [2.05, 4.69) is 140 Å². The Kier molecular flexibility index (Phi) is 8.94. The molecule has 5 aliphatic carbocycles. The monoisotopic (exact) mass is 745 g/mol. The normalized spacial score (nSPS) is 22.8. The van der Waals surface area contributed by atoms with Crippen LogP contribution >= 0.6 is 0 Å². The summed E-state index contributed by atoms with van der Waals surface area (Å²) in [5.74, 6) is 3.90. The molecular formula is C56H59N. The quantitative estimate of drug-likeness (QED) is 0.157. The molecule has 4 fully saturated rings. The van der Waals surface area contributed by atoms with Crippen LogP contribution in [0.4, 0.5) is 17.1 Å². The fraction of sp³-hybridized carbons (Fsp3) is 0.393. The highest BCUT2D eigenvalue weighted by molar-refractivity contribution is 5.93. The highest BCUT2D eigenvalue weighted by atomic mass is 15.1. The molecule has 4 saturated carbocycles. The molecule has 0 radical (unpaired) electrons. The summed E-state index contributed by atoms with van der Waals surface area (Å²) in [6.45, 7) is 4.91. The molecule has 0 aliphatic heterocycles. The van der Waals surface area contributed by atoms with Crippen molar-refractivity contribution in [3.8, 4) is 22.3 Å². The van der Waals surface area contributed by atoms with Crippen LogP contribution in [0.5, 0.6) is 0 Å². The van der Waals surface area contributed by atoms with Crippen molar-refractivity contribution >= 4 is 27.8 Å². The number of nitrogens with zero attached hydrogens (tertiary/aromatic N) is 1. The standard InChI is InChI=1S/C56H59N/c1-56(2)53-34-45(40-21-19-39(20-22-40)38-11-5-3-6-12-38)25-29-49(53)50-30-28-48(36-54(50)56)57(47-26-23-42(24-27-47)51-32-37-17-18-46(51)31-37)55-35-44-16-10-9-15-43(44)33-52(55)41-13-7-4-8-14-41/h9-10,15-16,19-30,33-38,41,46,51H,3-8,11-14,17-18,31-32H2,1-2H3. The van der Waals surface area contributed by atoms with E-state index in [-0.39, 0.29) is 5.41 Å². The van der Waals surface area contributed by atoms with Gasteiger partial charge in [-0.25, -0.2) is 0 Å². The predicted molar refractivity (Wildman–Crippen MR) is 241 cm³/mol. The van der Waals surface area contributed by atoms with Gasteiger partial charge in [-0.1, -0.05) is 138 Å². The van der Waals surface area contributed by atoms with E-state index in [1.54, 1.807) is 5.56 Å². The fourth-order valence-corrected chi connectivity index (χ4v) is 12.6. The Balaban J connectivity index is 0.998. The third kappa shape index (κ3) is 6.27. The summed E-state index contributed by atoms with van der Waals surface area (Å²) in [5, 5.41) is 2.68. The summed E-state index contributed by atoms with van der Waals surface area (Å²) in [6, 6.07) is 48.3. The van der Waals surface area contributed by atoms with Crippen LogP contribution in [-0.4, -0.2) is 0 Å². The molecule has 1 heteroatoms. The molecular weight excluding hydrogens is 687 g/mol. The lowest BCUT2D eigenvalue weighted by Gasteiger charge is -2.33. The summed E-state index contributed by atoms with van der Waals surface area (Å²) in [7, 11) is 0. The molecule has 0 aromatic heterocycles. The molecule has 6 aromatic rings. The topological polar surface area (TPSA) is 3.24 Å². The molecule has 6 aromatic carbocycles. The lowest BCUT2D eigenvalue weighted by atomic mass is 9.80. The van der Waals surface area contributed by atoms with Crippen LogP contribution < -0.4 is 4.90 Å². The average molecular weight is 746 g/mol. The second-order valence-electron chi connectivity index (χ2n) is 19.4. The summed E-state index contributed by atoms with van der Waals surface area (Å²) in [5.41, 5.74) is 16.7. The lowest BCUT2D eigenvalue weighted by Crippen LogP contribution is -2.18. The van der Waals surface area contributed by atoms with Gasteiger partial charge in [0.05, 0.1) is 5.69 Å². The molecule has 3 atom stereocenters. The molecule has 3 unspecified atom stereocenters. The zero-order valence-electron chi connectivity index (χ0n) is 34.3. The first kappa shape index (κ1) is 35.5. The molecule has 0 saturated heterocycles. The number of hydrogen-bond donors (Lipinski definition) is 0. The molecule has 0 amide bonds. The largest absolute Gasteiger partial charge is 0.310 e. The Morgan fingerprint density at radius 1 is 0.491 bits per heavy atom. The van der Waals surface area contributed by atoms with Crippen molar-refractivity contribution in [2.24, 2.45) is 11.8 Å². The minimum atomic E-state index is -0.119. The summed E-state index contributed by atoms with van der Waals surface area (Å²) >= 11 is 0. The van der Waals surface area contributed by atoms with E-state index in [0.29, 0.717) is 5.92 Å². The third-order valence-electron chi connectivity index (χ3n) is 15.7. The molecule has 5 aliphatic rings. The van der Waals surface area contributed by atoms with E-state index in [9.17, 15) is 0 Å². The number of hydrogen-bond acceptors (Lipinski definition) is 1.